The summed E-state index contributed by atoms with van der Waals surface area (Å²) in [5.41, 5.74) is 1.03. The molecule has 19 heavy (non-hydrogen) atoms. The quantitative estimate of drug-likeness (QED) is 0.518. The molecule has 0 aliphatic carbocycles. The highest BCUT2D eigenvalue weighted by atomic mass is 16.6. The molecule has 1 N–H and O–H groups in total. The first kappa shape index (κ1) is 12.8. The van der Waals surface area contributed by atoms with Gasteiger partial charge >= 0.3 is 5.69 Å². The maximum absolute atomic E-state index is 11.3. The van der Waals surface area contributed by atoms with E-state index in [1.54, 1.807) is 30.5 Å². The molecule has 0 fully saturated rings. The van der Waals surface area contributed by atoms with Crippen LogP contribution in [0.15, 0.2) is 30.5 Å². The standard InChI is InChI=1S/C14H13N3O2/c1-3-10(4-2)16-13-8-7-12-11(6-5-9-15-12)14(13)17(18)19/h1,5-10,16H,4H2,2H3. The fourth-order valence-corrected chi connectivity index (χ4v) is 1.90. The zero-order valence-corrected chi connectivity index (χ0v) is 10.5. The molecule has 2 aromatic rings. The lowest BCUT2D eigenvalue weighted by atomic mass is 10.1. The number of fused-ring (bicyclic) bond motifs is 1. The van der Waals surface area contributed by atoms with Gasteiger partial charge in [-0.3, -0.25) is 15.1 Å². The predicted octanol–water partition coefficient (Wildman–Crippen LogP) is 2.97. The Morgan fingerprint density at radius 3 is 2.95 bits per heavy atom. The van der Waals surface area contributed by atoms with Crippen LogP contribution in [0.25, 0.3) is 10.9 Å². The lowest BCUT2D eigenvalue weighted by Crippen LogP contribution is -2.16. The lowest BCUT2D eigenvalue weighted by molar-refractivity contribution is -0.382. The molecule has 1 atom stereocenters. The zero-order valence-electron chi connectivity index (χ0n) is 10.5. The van der Waals surface area contributed by atoms with E-state index in [0.717, 1.165) is 0 Å². The first-order chi connectivity index (χ1) is 9.17. The minimum atomic E-state index is -0.407. The number of hydrogen-bond donors (Lipinski definition) is 1. The van der Waals surface area contributed by atoms with Gasteiger partial charge in [0.2, 0.25) is 0 Å². The van der Waals surface area contributed by atoms with E-state index in [4.69, 9.17) is 6.42 Å². The van der Waals surface area contributed by atoms with Crippen molar-refractivity contribution in [1.82, 2.24) is 4.98 Å². The second kappa shape index (κ2) is 5.36. The third kappa shape index (κ3) is 2.47. The summed E-state index contributed by atoms with van der Waals surface area (Å²) in [6.45, 7) is 1.92. The molecule has 1 unspecified atom stereocenters. The van der Waals surface area contributed by atoms with Crippen molar-refractivity contribution in [3.63, 3.8) is 0 Å². The van der Waals surface area contributed by atoms with Crippen molar-refractivity contribution in [3.8, 4) is 12.3 Å². The van der Waals surface area contributed by atoms with Crippen LogP contribution in [0.1, 0.15) is 13.3 Å². The zero-order chi connectivity index (χ0) is 13.8. The van der Waals surface area contributed by atoms with Crippen molar-refractivity contribution in [2.75, 3.05) is 5.32 Å². The number of benzene rings is 1. The fraction of sp³-hybridized carbons (Fsp3) is 0.214. The second-order valence-electron chi connectivity index (χ2n) is 4.06. The van der Waals surface area contributed by atoms with E-state index in [9.17, 15) is 10.1 Å². The first-order valence-electron chi connectivity index (χ1n) is 5.92. The third-order valence-electron chi connectivity index (χ3n) is 2.88. The average Bonchev–Trinajstić information content (AvgIpc) is 2.43. The van der Waals surface area contributed by atoms with Gasteiger partial charge in [-0.05, 0) is 30.7 Å². The molecular formula is C14H13N3O2. The summed E-state index contributed by atoms with van der Waals surface area (Å²) in [7, 11) is 0. The lowest BCUT2D eigenvalue weighted by Gasteiger charge is -2.13. The van der Waals surface area contributed by atoms with Crippen molar-refractivity contribution in [2.24, 2.45) is 0 Å². The molecule has 0 saturated carbocycles. The minimum Gasteiger partial charge on any atom is -0.366 e. The number of aromatic nitrogens is 1. The summed E-state index contributed by atoms with van der Waals surface area (Å²) in [5, 5.41) is 14.8. The van der Waals surface area contributed by atoms with E-state index < -0.39 is 4.92 Å². The Morgan fingerprint density at radius 1 is 1.53 bits per heavy atom. The molecule has 1 aromatic heterocycles. The number of pyridine rings is 1. The monoisotopic (exact) mass is 255 g/mol. The van der Waals surface area contributed by atoms with Crippen LogP contribution in [0, 0.1) is 22.5 Å². The number of anilines is 1. The summed E-state index contributed by atoms with van der Waals surface area (Å²) in [5.74, 6) is 2.57. The molecule has 0 aliphatic heterocycles. The van der Waals surface area contributed by atoms with E-state index in [1.165, 1.54) is 0 Å². The van der Waals surface area contributed by atoms with Crippen molar-refractivity contribution in [1.29, 1.82) is 0 Å². The second-order valence-corrected chi connectivity index (χ2v) is 4.06. The highest BCUT2D eigenvalue weighted by molar-refractivity contribution is 5.94. The Balaban J connectivity index is 2.58. The van der Waals surface area contributed by atoms with Gasteiger partial charge in [-0.2, -0.15) is 0 Å². The summed E-state index contributed by atoms with van der Waals surface area (Å²) in [4.78, 5) is 15.0. The molecular weight excluding hydrogens is 242 g/mol. The van der Waals surface area contributed by atoms with E-state index in [0.29, 0.717) is 23.0 Å². The van der Waals surface area contributed by atoms with Gasteiger partial charge in [-0.15, -0.1) is 6.42 Å². The molecule has 0 aliphatic rings. The predicted molar refractivity (Wildman–Crippen MR) is 74.9 cm³/mol. The van der Waals surface area contributed by atoms with E-state index in [-0.39, 0.29) is 11.7 Å². The number of nitrogens with one attached hydrogen (secondary N) is 1. The van der Waals surface area contributed by atoms with Crippen LogP contribution >= 0.6 is 0 Å². The molecule has 0 radical (unpaired) electrons. The average molecular weight is 255 g/mol. The maximum atomic E-state index is 11.3. The topological polar surface area (TPSA) is 68.1 Å². The Bertz CT molecular complexity index is 661. The number of nitro groups is 1. The normalized spacial score (nSPS) is 11.8. The molecule has 0 saturated heterocycles. The van der Waals surface area contributed by atoms with Crippen molar-refractivity contribution < 1.29 is 4.92 Å². The van der Waals surface area contributed by atoms with Crippen LogP contribution < -0.4 is 5.32 Å². The van der Waals surface area contributed by atoms with Gasteiger partial charge in [0.05, 0.1) is 21.9 Å². The Morgan fingerprint density at radius 2 is 2.32 bits per heavy atom. The van der Waals surface area contributed by atoms with Gasteiger partial charge in [0.1, 0.15) is 5.69 Å². The van der Waals surface area contributed by atoms with Crippen LogP contribution in [-0.2, 0) is 0 Å². The highest BCUT2D eigenvalue weighted by Crippen LogP contribution is 2.32. The summed E-state index contributed by atoms with van der Waals surface area (Å²) < 4.78 is 0. The molecule has 2 rings (SSSR count). The SMILES string of the molecule is C#CC(CC)Nc1ccc2ncccc2c1[N+](=O)[O-]. The molecule has 96 valence electrons. The number of hydrogen-bond acceptors (Lipinski definition) is 4. The van der Waals surface area contributed by atoms with Gasteiger partial charge in [0.25, 0.3) is 0 Å². The molecule has 1 aromatic carbocycles. The van der Waals surface area contributed by atoms with Gasteiger partial charge in [0.15, 0.2) is 0 Å². The fourth-order valence-electron chi connectivity index (χ4n) is 1.90. The van der Waals surface area contributed by atoms with E-state index in [2.05, 4.69) is 16.2 Å². The Hall–Kier alpha value is -2.61. The van der Waals surface area contributed by atoms with E-state index >= 15 is 0 Å². The molecule has 0 bridgehead atoms. The molecule has 5 nitrogen and oxygen atoms in total. The number of nitrogens with zero attached hydrogens (tertiary/aromatic N) is 2. The van der Waals surface area contributed by atoms with Crippen LogP contribution in [-0.4, -0.2) is 15.9 Å². The smallest absolute Gasteiger partial charge is 0.301 e. The summed E-state index contributed by atoms with van der Waals surface area (Å²) >= 11 is 0. The highest BCUT2D eigenvalue weighted by Gasteiger charge is 2.20. The summed E-state index contributed by atoms with van der Waals surface area (Å²) in [6.07, 6.45) is 7.68. The van der Waals surface area contributed by atoms with Crippen molar-refractivity contribution in [3.05, 3.63) is 40.6 Å². The molecule has 5 heteroatoms. The molecule has 0 amide bonds. The number of rotatable bonds is 4. The first-order valence-corrected chi connectivity index (χ1v) is 5.92. The van der Waals surface area contributed by atoms with Gasteiger partial charge in [-0.25, -0.2) is 0 Å². The number of terminal acetylenes is 1. The molecule has 1 heterocycles. The van der Waals surface area contributed by atoms with E-state index in [1.807, 2.05) is 6.92 Å². The Labute approximate surface area is 110 Å². The summed E-state index contributed by atoms with van der Waals surface area (Å²) in [6, 6.07) is 6.52. The van der Waals surface area contributed by atoms with Crippen LogP contribution in [0.3, 0.4) is 0 Å². The maximum Gasteiger partial charge on any atom is 0.301 e. The Kier molecular flexibility index (Phi) is 3.62. The van der Waals surface area contributed by atoms with Crippen LogP contribution in [0.4, 0.5) is 11.4 Å². The molecule has 0 spiro atoms. The van der Waals surface area contributed by atoms with Gasteiger partial charge in [-0.1, -0.05) is 12.8 Å². The van der Waals surface area contributed by atoms with Crippen LogP contribution in [0.5, 0.6) is 0 Å². The number of nitro benzene ring substituents is 1. The largest absolute Gasteiger partial charge is 0.366 e. The van der Waals surface area contributed by atoms with Crippen molar-refractivity contribution >= 4 is 22.3 Å². The van der Waals surface area contributed by atoms with Gasteiger partial charge < -0.3 is 5.32 Å². The third-order valence-corrected chi connectivity index (χ3v) is 2.88. The van der Waals surface area contributed by atoms with Gasteiger partial charge in [0, 0.05) is 6.20 Å². The van der Waals surface area contributed by atoms with Crippen LogP contribution in [0.2, 0.25) is 0 Å². The minimum absolute atomic E-state index is 0.0132. The van der Waals surface area contributed by atoms with Crippen molar-refractivity contribution in [2.45, 2.75) is 19.4 Å².